The van der Waals surface area contributed by atoms with Crippen molar-refractivity contribution in [1.29, 1.82) is 0 Å². The van der Waals surface area contributed by atoms with Crippen LogP contribution in [0, 0.1) is 0 Å². The van der Waals surface area contributed by atoms with Crippen molar-refractivity contribution in [2.45, 2.75) is 38.6 Å². The number of rotatable bonds is 5. The highest BCUT2D eigenvalue weighted by Gasteiger charge is 2.23. The van der Waals surface area contributed by atoms with Gasteiger partial charge in [-0.3, -0.25) is 0 Å². The Balaban J connectivity index is 1.89. The number of para-hydroxylation sites is 1. The monoisotopic (exact) mass is 312 g/mol. The minimum atomic E-state index is 0.107. The van der Waals surface area contributed by atoms with E-state index < -0.39 is 0 Å². The molecule has 0 heterocycles. The van der Waals surface area contributed by atoms with Crippen molar-refractivity contribution in [2.24, 2.45) is 0 Å². The maximum absolute atomic E-state index is 5.40. The van der Waals surface area contributed by atoms with Gasteiger partial charge in [0.25, 0.3) is 0 Å². The third-order valence-electron chi connectivity index (χ3n) is 3.78. The van der Waals surface area contributed by atoms with E-state index >= 15 is 0 Å². The average molecular weight is 312 g/mol. The summed E-state index contributed by atoms with van der Waals surface area (Å²) in [6.07, 6.45) is 1.01. The number of nitrogens with one attached hydrogen (secondary N) is 2. The van der Waals surface area contributed by atoms with Crippen LogP contribution >= 0.6 is 12.2 Å². The van der Waals surface area contributed by atoms with Gasteiger partial charge in [-0.1, -0.05) is 62.4 Å². The van der Waals surface area contributed by atoms with Gasteiger partial charge >= 0.3 is 0 Å². The van der Waals surface area contributed by atoms with Crippen LogP contribution in [0.25, 0.3) is 0 Å². The zero-order valence-electron chi connectivity index (χ0n) is 13.5. The third kappa shape index (κ3) is 4.85. The molecule has 22 heavy (non-hydrogen) atoms. The van der Waals surface area contributed by atoms with E-state index in [2.05, 4.69) is 61.7 Å². The van der Waals surface area contributed by atoms with Crippen molar-refractivity contribution in [2.75, 3.05) is 5.32 Å². The lowest BCUT2D eigenvalue weighted by Gasteiger charge is -2.29. The summed E-state index contributed by atoms with van der Waals surface area (Å²) in [5.41, 5.74) is 2.47. The van der Waals surface area contributed by atoms with E-state index in [0.29, 0.717) is 11.2 Å². The molecule has 0 bridgehead atoms. The summed E-state index contributed by atoms with van der Waals surface area (Å²) >= 11 is 5.40. The van der Waals surface area contributed by atoms with Gasteiger partial charge in [-0.25, -0.2) is 0 Å². The van der Waals surface area contributed by atoms with Crippen LogP contribution in [0.4, 0.5) is 5.69 Å². The molecule has 2 N–H and O–H groups in total. The Bertz CT molecular complexity index is 593. The Morgan fingerprint density at radius 1 is 1.00 bits per heavy atom. The highest BCUT2D eigenvalue weighted by atomic mass is 32.1. The summed E-state index contributed by atoms with van der Waals surface area (Å²) in [5, 5.41) is 7.26. The Labute approximate surface area is 139 Å². The first-order valence-electron chi connectivity index (χ1n) is 7.65. The normalized spacial score (nSPS) is 12.5. The maximum Gasteiger partial charge on any atom is 0.170 e. The van der Waals surface area contributed by atoms with Crippen molar-refractivity contribution in [3.8, 4) is 0 Å². The zero-order chi connectivity index (χ0) is 16.0. The van der Waals surface area contributed by atoms with Gasteiger partial charge in [0.15, 0.2) is 5.11 Å². The van der Waals surface area contributed by atoms with Crippen molar-refractivity contribution in [3.63, 3.8) is 0 Å². The fourth-order valence-corrected chi connectivity index (χ4v) is 3.06. The molecule has 0 amide bonds. The first-order valence-corrected chi connectivity index (χ1v) is 8.06. The molecule has 0 radical (unpaired) electrons. The molecule has 0 aliphatic rings. The largest absolute Gasteiger partial charge is 0.360 e. The molecular formula is C19H24N2S. The van der Waals surface area contributed by atoms with Gasteiger partial charge in [-0.2, -0.15) is 0 Å². The van der Waals surface area contributed by atoms with Crippen LogP contribution in [-0.2, 0) is 5.41 Å². The van der Waals surface area contributed by atoms with E-state index in [0.717, 1.165) is 12.1 Å². The lowest BCUT2D eigenvalue weighted by Crippen LogP contribution is -2.39. The fourth-order valence-electron chi connectivity index (χ4n) is 2.74. The van der Waals surface area contributed by atoms with E-state index in [4.69, 9.17) is 12.2 Å². The van der Waals surface area contributed by atoms with E-state index in [-0.39, 0.29) is 5.41 Å². The molecule has 1 atom stereocenters. The van der Waals surface area contributed by atoms with Crippen molar-refractivity contribution >= 4 is 23.0 Å². The molecule has 0 fully saturated rings. The van der Waals surface area contributed by atoms with Crippen LogP contribution in [0.15, 0.2) is 60.7 Å². The third-order valence-corrected chi connectivity index (χ3v) is 4.00. The number of hydrogen-bond donors (Lipinski definition) is 2. The molecule has 0 spiro atoms. The highest BCUT2D eigenvalue weighted by Crippen LogP contribution is 2.28. The van der Waals surface area contributed by atoms with Crippen LogP contribution in [0.1, 0.15) is 32.8 Å². The van der Waals surface area contributed by atoms with Crippen molar-refractivity contribution in [3.05, 3.63) is 66.2 Å². The molecule has 116 valence electrons. The second kappa shape index (κ2) is 7.41. The summed E-state index contributed by atoms with van der Waals surface area (Å²) in [6.45, 7) is 6.71. The number of benzene rings is 2. The Morgan fingerprint density at radius 3 is 2.14 bits per heavy atom. The van der Waals surface area contributed by atoms with Crippen LogP contribution in [0.3, 0.4) is 0 Å². The van der Waals surface area contributed by atoms with Gasteiger partial charge in [0.2, 0.25) is 0 Å². The Morgan fingerprint density at radius 2 is 1.55 bits per heavy atom. The van der Waals surface area contributed by atoms with Crippen molar-refractivity contribution < 1.29 is 0 Å². The average Bonchev–Trinajstić information content (AvgIpc) is 2.48. The molecule has 3 heteroatoms. The first kappa shape index (κ1) is 16.5. The van der Waals surface area contributed by atoms with E-state index in [1.807, 2.05) is 30.3 Å². The summed E-state index contributed by atoms with van der Waals surface area (Å²) in [4.78, 5) is 0. The summed E-state index contributed by atoms with van der Waals surface area (Å²) < 4.78 is 0. The van der Waals surface area contributed by atoms with E-state index in [1.165, 1.54) is 5.56 Å². The van der Waals surface area contributed by atoms with Crippen LogP contribution in [0.2, 0.25) is 0 Å². The molecule has 0 aliphatic carbocycles. The highest BCUT2D eigenvalue weighted by molar-refractivity contribution is 7.80. The topological polar surface area (TPSA) is 24.1 Å². The second-order valence-electron chi connectivity index (χ2n) is 6.32. The summed E-state index contributed by atoms with van der Waals surface area (Å²) in [5.74, 6) is 0. The van der Waals surface area contributed by atoms with Crippen molar-refractivity contribution in [1.82, 2.24) is 5.32 Å². The standard InChI is InChI=1S/C19H24N2S/c1-15(14-19(2,3)16-10-6-4-7-11-16)20-18(22)21-17-12-8-5-9-13-17/h4-13,15H,14H2,1-3H3,(H2,20,21,22). The summed E-state index contributed by atoms with van der Waals surface area (Å²) in [7, 11) is 0. The predicted molar refractivity (Wildman–Crippen MR) is 99.3 cm³/mol. The molecule has 2 nitrogen and oxygen atoms in total. The van der Waals surface area contributed by atoms with Gasteiger partial charge in [0.05, 0.1) is 0 Å². The first-order chi connectivity index (χ1) is 10.5. The number of thiocarbonyl (C=S) groups is 1. The number of hydrogen-bond acceptors (Lipinski definition) is 1. The molecule has 2 aromatic rings. The van der Waals surface area contributed by atoms with Gasteiger partial charge in [0.1, 0.15) is 0 Å². The molecule has 0 aromatic heterocycles. The minimum absolute atomic E-state index is 0.107. The smallest absolute Gasteiger partial charge is 0.170 e. The molecule has 0 saturated heterocycles. The molecule has 0 saturated carbocycles. The molecule has 2 rings (SSSR count). The molecule has 2 aromatic carbocycles. The van der Waals surface area contributed by atoms with Crippen LogP contribution in [0.5, 0.6) is 0 Å². The molecular weight excluding hydrogens is 288 g/mol. The van der Waals surface area contributed by atoms with Gasteiger partial charge < -0.3 is 10.6 Å². The fraction of sp³-hybridized carbons (Fsp3) is 0.316. The Kier molecular flexibility index (Phi) is 5.56. The molecule has 1 unspecified atom stereocenters. The van der Waals surface area contributed by atoms with Gasteiger partial charge in [-0.15, -0.1) is 0 Å². The van der Waals surface area contributed by atoms with Crippen LogP contribution < -0.4 is 10.6 Å². The molecule has 0 aliphatic heterocycles. The van der Waals surface area contributed by atoms with Gasteiger partial charge in [0, 0.05) is 11.7 Å². The summed E-state index contributed by atoms with van der Waals surface area (Å²) in [6, 6.07) is 20.9. The maximum atomic E-state index is 5.40. The quantitative estimate of drug-likeness (QED) is 0.781. The Hall–Kier alpha value is -1.87. The number of anilines is 1. The predicted octanol–water partition coefficient (Wildman–Crippen LogP) is 4.73. The minimum Gasteiger partial charge on any atom is -0.360 e. The van der Waals surface area contributed by atoms with E-state index in [1.54, 1.807) is 0 Å². The van der Waals surface area contributed by atoms with Crippen LogP contribution in [-0.4, -0.2) is 11.2 Å². The SMILES string of the molecule is CC(CC(C)(C)c1ccccc1)NC(=S)Nc1ccccc1. The lowest BCUT2D eigenvalue weighted by molar-refractivity contribution is 0.420. The van der Waals surface area contributed by atoms with E-state index in [9.17, 15) is 0 Å². The second-order valence-corrected chi connectivity index (χ2v) is 6.73. The van der Waals surface area contributed by atoms with Gasteiger partial charge in [-0.05, 0) is 48.7 Å². The lowest BCUT2D eigenvalue weighted by atomic mass is 9.79. The zero-order valence-corrected chi connectivity index (χ0v) is 14.3.